The summed E-state index contributed by atoms with van der Waals surface area (Å²) in [6.07, 6.45) is 0. The van der Waals surface area contributed by atoms with Gasteiger partial charge in [-0.15, -0.1) is 0 Å². The van der Waals surface area contributed by atoms with Gasteiger partial charge in [0, 0.05) is 25.7 Å². The molecular formula is C15H24N2O3. The molecule has 0 fully saturated rings. The van der Waals surface area contributed by atoms with Gasteiger partial charge in [-0.2, -0.15) is 0 Å². The van der Waals surface area contributed by atoms with Crippen molar-refractivity contribution in [2.75, 3.05) is 33.6 Å². The third kappa shape index (κ3) is 3.06. The first kappa shape index (κ1) is 15.1. The molecule has 0 amide bonds. The Kier molecular flexibility index (Phi) is 5.23. The Hall–Kier alpha value is -1.30. The molecule has 112 valence electrons. The molecule has 1 aliphatic heterocycles. The number of hydrogen-bond acceptors (Lipinski definition) is 5. The zero-order chi connectivity index (χ0) is 14.5. The summed E-state index contributed by atoms with van der Waals surface area (Å²) < 4.78 is 16.1. The second-order valence-corrected chi connectivity index (χ2v) is 5.00. The van der Waals surface area contributed by atoms with Crippen LogP contribution >= 0.6 is 0 Å². The molecule has 5 heteroatoms. The standard InChI is InChI=1S/C15H24N2O3/c1-4-17(11(2)9-18-3)13(8-16)12-5-6-14-15(7-12)20-10-19-14/h5-7,11,13H,4,8-10,16H2,1-3H3. The molecule has 0 bridgehead atoms. The molecule has 5 nitrogen and oxygen atoms in total. The van der Waals surface area contributed by atoms with E-state index in [4.69, 9.17) is 19.9 Å². The first-order chi connectivity index (χ1) is 9.71. The Bertz CT molecular complexity index is 439. The topological polar surface area (TPSA) is 57.0 Å². The number of benzene rings is 1. The van der Waals surface area contributed by atoms with Crippen LogP contribution in [-0.4, -0.2) is 44.5 Å². The lowest BCUT2D eigenvalue weighted by Crippen LogP contribution is -2.42. The van der Waals surface area contributed by atoms with E-state index < -0.39 is 0 Å². The molecule has 0 aromatic heterocycles. The van der Waals surface area contributed by atoms with Crippen LogP contribution in [0.4, 0.5) is 0 Å². The molecule has 2 atom stereocenters. The summed E-state index contributed by atoms with van der Waals surface area (Å²) in [6, 6.07) is 6.51. The zero-order valence-corrected chi connectivity index (χ0v) is 12.5. The van der Waals surface area contributed by atoms with Gasteiger partial charge in [0.25, 0.3) is 0 Å². The molecule has 0 aliphatic carbocycles. The van der Waals surface area contributed by atoms with Gasteiger partial charge in [0.05, 0.1) is 6.61 Å². The normalized spacial score (nSPS) is 16.4. The van der Waals surface area contributed by atoms with E-state index in [2.05, 4.69) is 24.8 Å². The smallest absolute Gasteiger partial charge is 0.231 e. The summed E-state index contributed by atoms with van der Waals surface area (Å²) in [7, 11) is 1.72. The molecule has 1 heterocycles. The minimum absolute atomic E-state index is 0.152. The van der Waals surface area contributed by atoms with Gasteiger partial charge >= 0.3 is 0 Å². The lowest BCUT2D eigenvalue weighted by molar-refractivity contribution is 0.0751. The summed E-state index contributed by atoms with van der Waals surface area (Å²) in [5.74, 6) is 1.61. The maximum absolute atomic E-state index is 6.01. The van der Waals surface area contributed by atoms with Crippen LogP contribution in [0.1, 0.15) is 25.5 Å². The van der Waals surface area contributed by atoms with Gasteiger partial charge in [-0.05, 0) is 31.2 Å². The first-order valence-electron chi connectivity index (χ1n) is 7.05. The van der Waals surface area contributed by atoms with Crippen molar-refractivity contribution in [1.29, 1.82) is 0 Å². The van der Waals surface area contributed by atoms with Gasteiger partial charge < -0.3 is 19.9 Å². The number of fused-ring (bicyclic) bond motifs is 1. The number of ether oxygens (including phenoxy) is 3. The summed E-state index contributed by atoms with van der Waals surface area (Å²) in [5.41, 5.74) is 7.16. The van der Waals surface area contributed by atoms with Crippen molar-refractivity contribution < 1.29 is 14.2 Å². The molecule has 0 saturated carbocycles. The summed E-state index contributed by atoms with van der Waals surface area (Å²) in [6.45, 7) is 6.76. The van der Waals surface area contributed by atoms with Crippen molar-refractivity contribution in [2.45, 2.75) is 25.9 Å². The van der Waals surface area contributed by atoms with Crippen molar-refractivity contribution in [1.82, 2.24) is 4.90 Å². The van der Waals surface area contributed by atoms with Gasteiger partial charge in [0.15, 0.2) is 11.5 Å². The first-order valence-corrected chi connectivity index (χ1v) is 7.05. The predicted molar refractivity (Wildman–Crippen MR) is 78.1 cm³/mol. The minimum atomic E-state index is 0.152. The molecule has 20 heavy (non-hydrogen) atoms. The van der Waals surface area contributed by atoms with E-state index in [0.717, 1.165) is 23.6 Å². The summed E-state index contributed by atoms with van der Waals surface area (Å²) >= 11 is 0. The Morgan fingerprint density at radius 1 is 1.35 bits per heavy atom. The maximum atomic E-state index is 6.01. The molecule has 1 aromatic rings. The SMILES string of the molecule is CCN(C(C)COC)C(CN)c1ccc2c(c1)OCO2. The van der Waals surface area contributed by atoms with Crippen LogP contribution in [0.25, 0.3) is 0 Å². The Balaban J connectivity index is 2.21. The minimum Gasteiger partial charge on any atom is -0.454 e. The number of nitrogens with zero attached hydrogens (tertiary/aromatic N) is 1. The van der Waals surface area contributed by atoms with E-state index >= 15 is 0 Å². The molecule has 2 unspecified atom stereocenters. The maximum Gasteiger partial charge on any atom is 0.231 e. The van der Waals surface area contributed by atoms with Gasteiger partial charge in [-0.25, -0.2) is 0 Å². The van der Waals surface area contributed by atoms with Crippen LogP contribution in [0, 0.1) is 0 Å². The summed E-state index contributed by atoms with van der Waals surface area (Å²) in [5, 5.41) is 0. The zero-order valence-electron chi connectivity index (χ0n) is 12.5. The van der Waals surface area contributed by atoms with Crippen LogP contribution in [0.2, 0.25) is 0 Å². The highest BCUT2D eigenvalue weighted by atomic mass is 16.7. The fourth-order valence-electron chi connectivity index (χ4n) is 2.76. The largest absolute Gasteiger partial charge is 0.454 e. The lowest BCUT2D eigenvalue weighted by Gasteiger charge is -2.35. The van der Waals surface area contributed by atoms with Crippen molar-refractivity contribution in [2.24, 2.45) is 5.73 Å². The van der Waals surface area contributed by atoms with Gasteiger partial charge in [0.1, 0.15) is 0 Å². The Labute approximate surface area is 120 Å². The lowest BCUT2D eigenvalue weighted by atomic mass is 10.0. The second kappa shape index (κ2) is 6.92. The number of likely N-dealkylation sites (N-methyl/N-ethyl adjacent to an activating group) is 1. The highest BCUT2D eigenvalue weighted by Crippen LogP contribution is 2.35. The van der Waals surface area contributed by atoms with E-state index in [0.29, 0.717) is 26.0 Å². The van der Waals surface area contributed by atoms with Gasteiger partial charge in [-0.1, -0.05) is 13.0 Å². The number of hydrogen-bond donors (Lipinski definition) is 1. The van der Waals surface area contributed by atoms with Crippen LogP contribution in [0.3, 0.4) is 0 Å². The summed E-state index contributed by atoms with van der Waals surface area (Å²) in [4.78, 5) is 2.35. The molecule has 2 N–H and O–H groups in total. The van der Waals surface area contributed by atoms with Gasteiger partial charge in [0.2, 0.25) is 6.79 Å². The molecule has 1 aromatic carbocycles. The van der Waals surface area contributed by atoms with Crippen molar-refractivity contribution in [3.63, 3.8) is 0 Å². The van der Waals surface area contributed by atoms with Crippen LogP contribution in [0.5, 0.6) is 11.5 Å². The van der Waals surface area contributed by atoms with Crippen molar-refractivity contribution in [3.8, 4) is 11.5 Å². The van der Waals surface area contributed by atoms with Crippen molar-refractivity contribution in [3.05, 3.63) is 23.8 Å². The fourth-order valence-corrected chi connectivity index (χ4v) is 2.76. The third-order valence-corrected chi connectivity index (χ3v) is 3.74. The highest BCUT2D eigenvalue weighted by molar-refractivity contribution is 5.45. The van der Waals surface area contributed by atoms with E-state index in [9.17, 15) is 0 Å². The number of methoxy groups -OCH3 is 1. The predicted octanol–water partition coefficient (Wildman–Crippen LogP) is 1.77. The fraction of sp³-hybridized carbons (Fsp3) is 0.600. The van der Waals surface area contributed by atoms with Crippen LogP contribution in [0.15, 0.2) is 18.2 Å². The quantitative estimate of drug-likeness (QED) is 0.825. The van der Waals surface area contributed by atoms with E-state index in [1.54, 1.807) is 7.11 Å². The molecule has 0 radical (unpaired) electrons. The second-order valence-electron chi connectivity index (χ2n) is 5.00. The van der Waals surface area contributed by atoms with Crippen molar-refractivity contribution >= 4 is 0 Å². The highest BCUT2D eigenvalue weighted by Gasteiger charge is 2.24. The van der Waals surface area contributed by atoms with E-state index in [-0.39, 0.29) is 6.04 Å². The average Bonchev–Trinajstić information content (AvgIpc) is 2.92. The number of rotatable bonds is 7. The molecule has 1 aliphatic rings. The van der Waals surface area contributed by atoms with E-state index in [1.807, 2.05) is 12.1 Å². The van der Waals surface area contributed by atoms with Crippen LogP contribution < -0.4 is 15.2 Å². The Morgan fingerprint density at radius 2 is 2.10 bits per heavy atom. The van der Waals surface area contributed by atoms with Gasteiger partial charge in [-0.3, -0.25) is 4.90 Å². The monoisotopic (exact) mass is 280 g/mol. The molecule has 0 spiro atoms. The Morgan fingerprint density at radius 3 is 2.75 bits per heavy atom. The van der Waals surface area contributed by atoms with Crippen LogP contribution in [-0.2, 0) is 4.74 Å². The third-order valence-electron chi connectivity index (χ3n) is 3.74. The van der Waals surface area contributed by atoms with E-state index in [1.165, 1.54) is 0 Å². The number of nitrogens with two attached hydrogens (primary N) is 1. The molecule has 2 rings (SSSR count). The molecular weight excluding hydrogens is 256 g/mol. The average molecular weight is 280 g/mol. The molecule has 0 saturated heterocycles.